The number of fused-ring (bicyclic) bond motifs is 1. The number of hydrogen-bond donors (Lipinski definition) is 0. The van der Waals surface area contributed by atoms with Crippen molar-refractivity contribution in [3.05, 3.63) is 88.9 Å². The summed E-state index contributed by atoms with van der Waals surface area (Å²) in [4.78, 5) is 4.83. The molecule has 0 N–H and O–H groups in total. The van der Waals surface area contributed by atoms with Gasteiger partial charge in [-0.25, -0.2) is 4.98 Å². The third kappa shape index (κ3) is 4.77. The van der Waals surface area contributed by atoms with E-state index in [4.69, 9.17) is 37.7 Å². The minimum Gasteiger partial charge on any atom is -0.493 e. The van der Waals surface area contributed by atoms with Crippen molar-refractivity contribution in [2.24, 2.45) is 0 Å². The lowest BCUT2D eigenvalue weighted by atomic mass is 10.1. The van der Waals surface area contributed by atoms with E-state index in [0.29, 0.717) is 16.7 Å². The van der Waals surface area contributed by atoms with E-state index in [1.54, 1.807) is 13.2 Å². The first kappa shape index (κ1) is 22.3. The Bertz CT molecular complexity index is 1250. The second kappa shape index (κ2) is 10.1. The molecule has 6 heteroatoms. The van der Waals surface area contributed by atoms with Crippen molar-refractivity contribution < 1.29 is 9.47 Å². The summed E-state index contributed by atoms with van der Waals surface area (Å²) in [5.74, 6) is 2.28. The highest BCUT2D eigenvalue weighted by Gasteiger charge is 2.15. The lowest BCUT2D eigenvalue weighted by Crippen LogP contribution is -2.07. The molecule has 0 saturated heterocycles. The molecular formula is C26H24Cl2N2O2. The summed E-state index contributed by atoms with van der Waals surface area (Å²) in [5, 5.41) is 1.18. The molecule has 3 aromatic carbocycles. The molecule has 32 heavy (non-hydrogen) atoms. The van der Waals surface area contributed by atoms with Crippen LogP contribution in [0.5, 0.6) is 11.5 Å². The van der Waals surface area contributed by atoms with E-state index in [1.807, 2.05) is 54.6 Å². The monoisotopic (exact) mass is 466 g/mol. The number of ether oxygens (including phenoxy) is 2. The highest BCUT2D eigenvalue weighted by Crippen LogP contribution is 2.33. The van der Waals surface area contributed by atoms with Crippen LogP contribution in [-0.2, 0) is 13.0 Å². The second-order valence-electron chi connectivity index (χ2n) is 7.38. The number of nitrogens with zero attached hydrogens (tertiary/aromatic N) is 2. The van der Waals surface area contributed by atoms with Gasteiger partial charge in [0.25, 0.3) is 0 Å². The third-order valence-corrected chi connectivity index (χ3v) is 5.77. The fourth-order valence-electron chi connectivity index (χ4n) is 3.71. The molecule has 0 unspecified atom stereocenters. The van der Waals surface area contributed by atoms with Crippen molar-refractivity contribution in [2.45, 2.75) is 19.4 Å². The Morgan fingerprint density at radius 1 is 1.03 bits per heavy atom. The fraction of sp³-hybridized carbons (Fsp3) is 0.192. The Labute approximate surface area is 198 Å². The van der Waals surface area contributed by atoms with Gasteiger partial charge in [-0.15, -0.1) is 6.58 Å². The SMILES string of the molecule is C=CCc1ccc(OCCCn2c(-c3ccc(Cl)cc3Cl)nc3ccccc32)c(OC)c1. The van der Waals surface area contributed by atoms with Gasteiger partial charge < -0.3 is 14.0 Å². The zero-order chi connectivity index (χ0) is 22.5. The van der Waals surface area contributed by atoms with Crippen molar-refractivity contribution in [2.75, 3.05) is 13.7 Å². The number of imidazole rings is 1. The summed E-state index contributed by atoms with van der Waals surface area (Å²) in [5.41, 5.74) is 3.97. The molecule has 0 aliphatic rings. The maximum atomic E-state index is 6.49. The van der Waals surface area contributed by atoms with E-state index >= 15 is 0 Å². The van der Waals surface area contributed by atoms with Crippen molar-refractivity contribution in [1.82, 2.24) is 9.55 Å². The molecule has 164 valence electrons. The molecule has 0 aliphatic heterocycles. The van der Waals surface area contributed by atoms with Crippen LogP contribution in [0.3, 0.4) is 0 Å². The first-order valence-electron chi connectivity index (χ1n) is 10.4. The normalized spacial score (nSPS) is 11.0. The van der Waals surface area contributed by atoms with Gasteiger partial charge >= 0.3 is 0 Å². The van der Waals surface area contributed by atoms with Crippen LogP contribution >= 0.6 is 23.2 Å². The van der Waals surface area contributed by atoms with E-state index in [1.165, 1.54) is 0 Å². The smallest absolute Gasteiger partial charge is 0.161 e. The highest BCUT2D eigenvalue weighted by atomic mass is 35.5. The first-order valence-corrected chi connectivity index (χ1v) is 11.2. The lowest BCUT2D eigenvalue weighted by molar-refractivity contribution is 0.283. The van der Waals surface area contributed by atoms with Crippen LogP contribution in [-0.4, -0.2) is 23.3 Å². The van der Waals surface area contributed by atoms with Crippen LogP contribution in [0.4, 0.5) is 0 Å². The minimum atomic E-state index is 0.539. The molecule has 4 nitrogen and oxygen atoms in total. The lowest BCUT2D eigenvalue weighted by Gasteiger charge is -2.13. The van der Waals surface area contributed by atoms with Gasteiger partial charge in [0.05, 0.1) is 29.8 Å². The van der Waals surface area contributed by atoms with E-state index in [-0.39, 0.29) is 0 Å². The van der Waals surface area contributed by atoms with Crippen molar-refractivity contribution >= 4 is 34.2 Å². The number of hydrogen-bond acceptors (Lipinski definition) is 3. The number of aromatic nitrogens is 2. The zero-order valence-electron chi connectivity index (χ0n) is 17.9. The maximum absolute atomic E-state index is 6.49. The number of rotatable bonds is 9. The van der Waals surface area contributed by atoms with Crippen molar-refractivity contribution in [3.8, 4) is 22.9 Å². The van der Waals surface area contributed by atoms with E-state index in [2.05, 4.69) is 17.2 Å². The van der Waals surface area contributed by atoms with Crippen LogP contribution in [0.1, 0.15) is 12.0 Å². The zero-order valence-corrected chi connectivity index (χ0v) is 19.4. The summed E-state index contributed by atoms with van der Waals surface area (Å²) in [7, 11) is 1.65. The quantitative estimate of drug-likeness (QED) is 0.193. The standard InChI is InChI=1S/C26H24Cl2N2O2/c1-3-7-18-10-13-24(25(16-18)31-2)32-15-6-14-30-23-9-5-4-8-22(23)29-26(30)20-12-11-19(27)17-21(20)28/h3-5,8-13,16-17H,1,6-7,14-15H2,2H3. The summed E-state index contributed by atoms with van der Waals surface area (Å²) in [6.45, 7) is 5.05. The summed E-state index contributed by atoms with van der Waals surface area (Å²) in [6, 6.07) is 19.5. The Morgan fingerprint density at radius 3 is 2.66 bits per heavy atom. The molecule has 0 spiro atoms. The van der Waals surface area contributed by atoms with Gasteiger partial charge in [0.1, 0.15) is 5.82 Å². The van der Waals surface area contributed by atoms with Gasteiger partial charge in [0.15, 0.2) is 11.5 Å². The van der Waals surface area contributed by atoms with Gasteiger partial charge in [0, 0.05) is 17.1 Å². The van der Waals surface area contributed by atoms with Crippen LogP contribution in [0.25, 0.3) is 22.4 Å². The Hall–Kier alpha value is -2.95. The number of allylic oxidation sites excluding steroid dienone is 1. The third-order valence-electron chi connectivity index (χ3n) is 5.22. The van der Waals surface area contributed by atoms with Gasteiger partial charge in [-0.1, -0.05) is 47.5 Å². The molecule has 4 aromatic rings. The first-order chi connectivity index (χ1) is 15.6. The molecule has 4 rings (SSSR count). The number of methoxy groups -OCH3 is 1. The molecule has 1 aromatic heterocycles. The van der Waals surface area contributed by atoms with E-state index < -0.39 is 0 Å². The van der Waals surface area contributed by atoms with Crippen LogP contribution < -0.4 is 9.47 Å². The molecule has 0 atom stereocenters. The van der Waals surface area contributed by atoms with Gasteiger partial charge in [-0.2, -0.15) is 0 Å². The Kier molecular flexibility index (Phi) is 7.03. The van der Waals surface area contributed by atoms with Crippen LogP contribution in [0.15, 0.2) is 73.3 Å². The summed E-state index contributed by atoms with van der Waals surface area (Å²) >= 11 is 12.6. The molecular weight excluding hydrogens is 443 g/mol. The molecule has 0 aliphatic carbocycles. The predicted octanol–water partition coefficient (Wildman–Crippen LogP) is 7.22. The molecule has 0 saturated carbocycles. The van der Waals surface area contributed by atoms with Gasteiger partial charge in [0.2, 0.25) is 0 Å². The molecule has 0 fully saturated rings. The number of aryl methyl sites for hydroxylation is 1. The Balaban J connectivity index is 1.53. The van der Waals surface area contributed by atoms with E-state index in [9.17, 15) is 0 Å². The van der Waals surface area contributed by atoms with E-state index in [0.717, 1.165) is 58.9 Å². The molecule has 0 amide bonds. The van der Waals surface area contributed by atoms with Crippen LogP contribution in [0, 0.1) is 0 Å². The fourth-order valence-corrected chi connectivity index (χ4v) is 4.20. The number of benzene rings is 3. The Morgan fingerprint density at radius 2 is 1.88 bits per heavy atom. The maximum Gasteiger partial charge on any atom is 0.161 e. The largest absolute Gasteiger partial charge is 0.493 e. The second-order valence-corrected chi connectivity index (χ2v) is 8.22. The van der Waals surface area contributed by atoms with Crippen molar-refractivity contribution in [1.29, 1.82) is 0 Å². The molecule has 0 radical (unpaired) electrons. The summed E-state index contributed by atoms with van der Waals surface area (Å²) < 4.78 is 13.7. The highest BCUT2D eigenvalue weighted by molar-refractivity contribution is 6.36. The predicted molar refractivity (Wildman–Crippen MR) is 132 cm³/mol. The molecule has 1 heterocycles. The minimum absolute atomic E-state index is 0.539. The number of para-hydroxylation sites is 2. The average molecular weight is 467 g/mol. The molecule has 0 bridgehead atoms. The van der Waals surface area contributed by atoms with Crippen LogP contribution in [0.2, 0.25) is 10.0 Å². The number of halogens is 2. The average Bonchev–Trinajstić information content (AvgIpc) is 3.15. The van der Waals surface area contributed by atoms with Crippen molar-refractivity contribution in [3.63, 3.8) is 0 Å². The topological polar surface area (TPSA) is 36.3 Å². The summed E-state index contributed by atoms with van der Waals surface area (Å²) in [6.07, 6.45) is 3.45. The van der Waals surface area contributed by atoms with Gasteiger partial charge in [-0.05, 0) is 60.9 Å². The van der Waals surface area contributed by atoms with Gasteiger partial charge in [-0.3, -0.25) is 0 Å².